The van der Waals surface area contributed by atoms with Gasteiger partial charge in [0.1, 0.15) is 5.75 Å². The van der Waals surface area contributed by atoms with Gasteiger partial charge in [0, 0.05) is 24.3 Å². The molecule has 0 bridgehead atoms. The van der Waals surface area contributed by atoms with Gasteiger partial charge in [-0.15, -0.1) is 0 Å². The average molecular weight is 280 g/mol. The van der Waals surface area contributed by atoms with Crippen LogP contribution in [0.2, 0.25) is 0 Å². The molecule has 1 aromatic heterocycles. The molecule has 0 amide bonds. The first-order valence-corrected chi connectivity index (χ1v) is 7.23. The van der Waals surface area contributed by atoms with Crippen molar-refractivity contribution in [2.45, 2.75) is 38.3 Å². The Balaban J connectivity index is 2.03. The second-order valence-electron chi connectivity index (χ2n) is 5.46. The fourth-order valence-electron chi connectivity index (χ4n) is 2.36. The standard InChI is InChI=1S/C15H24N2O3/c1-3-5-20-14-7-12(9-16-10-14)15(2,18)8-13-11-19-6-4-17-13/h7,9-10,13,17-18H,3-6,8,11H2,1-2H3. The van der Waals surface area contributed by atoms with Gasteiger partial charge in [0.2, 0.25) is 0 Å². The van der Waals surface area contributed by atoms with Crippen molar-refractivity contribution in [1.29, 1.82) is 0 Å². The van der Waals surface area contributed by atoms with E-state index in [4.69, 9.17) is 9.47 Å². The molecule has 1 aromatic rings. The number of morpholine rings is 1. The fourth-order valence-corrected chi connectivity index (χ4v) is 2.36. The third-order valence-electron chi connectivity index (χ3n) is 3.45. The lowest BCUT2D eigenvalue weighted by Gasteiger charge is -2.31. The van der Waals surface area contributed by atoms with Gasteiger partial charge >= 0.3 is 0 Å². The van der Waals surface area contributed by atoms with Gasteiger partial charge in [0.05, 0.1) is 31.6 Å². The molecular formula is C15H24N2O3. The summed E-state index contributed by atoms with van der Waals surface area (Å²) in [5.41, 5.74) is -0.171. The Morgan fingerprint density at radius 1 is 1.55 bits per heavy atom. The Labute approximate surface area is 120 Å². The Hall–Kier alpha value is -1.17. The van der Waals surface area contributed by atoms with Crippen LogP contribution in [0.5, 0.6) is 5.75 Å². The summed E-state index contributed by atoms with van der Waals surface area (Å²) in [5, 5.41) is 14.1. The molecule has 1 saturated heterocycles. The minimum Gasteiger partial charge on any atom is -0.492 e. The van der Waals surface area contributed by atoms with Gasteiger partial charge in [-0.25, -0.2) is 0 Å². The number of hydrogen-bond donors (Lipinski definition) is 2. The molecule has 112 valence electrons. The number of nitrogens with zero attached hydrogens (tertiary/aromatic N) is 1. The van der Waals surface area contributed by atoms with E-state index >= 15 is 0 Å². The topological polar surface area (TPSA) is 63.6 Å². The third kappa shape index (κ3) is 4.16. The third-order valence-corrected chi connectivity index (χ3v) is 3.45. The number of pyridine rings is 1. The number of ether oxygens (including phenoxy) is 2. The van der Waals surface area contributed by atoms with E-state index in [9.17, 15) is 5.11 Å². The van der Waals surface area contributed by atoms with Crippen LogP contribution in [0.25, 0.3) is 0 Å². The number of nitrogens with one attached hydrogen (secondary N) is 1. The van der Waals surface area contributed by atoms with Crippen LogP contribution < -0.4 is 10.1 Å². The Kier molecular flexibility index (Phi) is 5.34. The molecule has 5 heteroatoms. The van der Waals surface area contributed by atoms with Crippen LogP contribution in [0, 0.1) is 0 Å². The SMILES string of the molecule is CCCOc1cncc(C(C)(O)CC2COCCN2)c1. The van der Waals surface area contributed by atoms with Crippen molar-refractivity contribution in [3.05, 3.63) is 24.0 Å². The minimum atomic E-state index is -0.947. The molecule has 2 heterocycles. The molecule has 1 aliphatic heterocycles. The highest BCUT2D eigenvalue weighted by atomic mass is 16.5. The number of hydrogen-bond acceptors (Lipinski definition) is 5. The van der Waals surface area contributed by atoms with Crippen LogP contribution in [0.3, 0.4) is 0 Å². The number of aliphatic hydroxyl groups is 1. The fraction of sp³-hybridized carbons (Fsp3) is 0.667. The first kappa shape index (κ1) is 15.2. The molecule has 2 rings (SSSR count). The van der Waals surface area contributed by atoms with Crippen LogP contribution in [-0.4, -0.2) is 42.5 Å². The van der Waals surface area contributed by atoms with E-state index in [1.807, 2.05) is 13.0 Å². The largest absolute Gasteiger partial charge is 0.492 e. The molecule has 1 fully saturated rings. The predicted molar refractivity (Wildman–Crippen MR) is 76.8 cm³/mol. The second kappa shape index (κ2) is 7.02. The number of rotatable bonds is 6. The highest BCUT2D eigenvalue weighted by Gasteiger charge is 2.29. The lowest BCUT2D eigenvalue weighted by Crippen LogP contribution is -2.45. The van der Waals surface area contributed by atoms with E-state index in [2.05, 4.69) is 17.2 Å². The molecule has 5 nitrogen and oxygen atoms in total. The molecule has 0 aromatic carbocycles. The monoisotopic (exact) mass is 280 g/mol. The summed E-state index contributed by atoms with van der Waals surface area (Å²) in [4.78, 5) is 4.16. The van der Waals surface area contributed by atoms with Gasteiger partial charge in [0.15, 0.2) is 0 Å². The normalized spacial score (nSPS) is 22.2. The summed E-state index contributed by atoms with van der Waals surface area (Å²) < 4.78 is 11.0. The second-order valence-corrected chi connectivity index (χ2v) is 5.46. The summed E-state index contributed by atoms with van der Waals surface area (Å²) >= 11 is 0. The number of aromatic nitrogens is 1. The molecule has 2 N–H and O–H groups in total. The zero-order valence-corrected chi connectivity index (χ0v) is 12.3. The van der Waals surface area contributed by atoms with Gasteiger partial charge in [0.25, 0.3) is 0 Å². The molecule has 0 aliphatic carbocycles. The van der Waals surface area contributed by atoms with Gasteiger partial charge in [-0.2, -0.15) is 0 Å². The lowest BCUT2D eigenvalue weighted by molar-refractivity contribution is 0.00287. The molecule has 2 unspecified atom stereocenters. The lowest BCUT2D eigenvalue weighted by atomic mass is 9.90. The van der Waals surface area contributed by atoms with Crippen LogP contribution in [0.1, 0.15) is 32.3 Å². The first-order valence-electron chi connectivity index (χ1n) is 7.23. The summed E-state index contributed by atoms with van der Waals surface area (Å²) in [6, 6.07) is 2.03. The van der Waals surface area contributed by atoms with Gasteiger partial charge in [-0.3, -0.25) is 4.98 Å². The Morgan fingerprint density at radius 2 is 2.40 bits per heavy atom. The van der Waals surface area contributed by atoms with E-state index in [0.717, 1.165) is 25.1 Å². The van der Waals surface area contributed by atoms with E-state index in [1.165, 1.54) is 0 Å². The molecule has 0 saturated carbocycles. The van der Waals surface area contributed by atoms with E-state index in [-0.39, 0.29) is 6.04 Å². The molecule has 20 heavy (non-hydrogen) atoms. The van der Waals surface area contributed by atoms with Gasteiger partial charge < -0.3 is 19.9 Å². The molecule has 0 spiro atoms. The van der Waals surface area contributed by atoms with Crippen molar-refractivity contribution in [2.24, 2.45) is 0 Å². The van der Waals surface area contributed by atoms with Crippen LogP contribution >= 0.6 is 0 Å². The maximum atomic E-state index is 10.7. The zero-order valence-electron chi connectivity index (χ0n) is 12.3. The molecular weight excluding hydrogens is 256 g/mol. The van der Waals surface area contributed by atoms with Crippen LogP contribution in [0.15, 0.2) is 18.5 Å². The van der Waals surface area contributed by atoms with Crippen molar-refractivity contribution in [2.75, 3.05) is 26.4 Å². The zero-order chi connectivity index (χ0) is 14.4. The quantitative estimate of drug-likeness (QED) is 0.826. The maximum absolute atomic E-state index is 10.7. The van der Waals surface area contributed by atoms with Crippen molar-refractivity contribution in [3.63, 3.8) is 0 Å². The molecule has 1 aliphatic rings. The summed E-state index contributed by atoms with van der Waals surface area (Å²) in [5.74, 6) is 0.706. The Morgan fingerprint density at radius 3 is 3.10 bits per heavy atom. The van der Waals surface area contributed by atoms with Crippen molar-refractivity contribution in [1.82, 2.24) is 10.3 Å². The van der Waals surface area contributed by atoms with Gasteiger partial charge in [-0.1, -0.05) is 6.92 Å². The Bertz CT molecular complexity index is 417. The van der Waals surface area contributed by atoms with Crippen LogP contribution in [0.4, 0.5) is 0 Å². The van der Waals surface area contributed by atoms with Crippen molar-refractivity contribution < 1.29 is 14.6 Å². The highest BCUT2D eigenvalue weighted by molar-refractivity contribution is 5.27. The molecule has 2 atom stereocenters. The van der Waals surface area contributed by atoms with Gasteiger partial charge in [-0.05, 0) is 25.8 Å². The summed E-state index contributed by atoms with van der Waals surface area (Å²) in [7, 11) is 0. The van der Waals surface area contributed by atoms with Crippen molar-refractivity contribution in [3.8, 4) is 5.75 Å². The smallest absolute Gasteiger partial charge is 0.137 e. The van der Waals surface area contributed by atoms with Crippen LogP contribution in [-0.2, 0) is 10.3 Å². The first-order chi connectivity index (χ1) is 9.62. The van der Waals surface area contributed by atoms with E-state index in [0.29, 0.717) is 25.4 Å². The van der Waals surface area contributed by atoms with Crippen molar-refractivity contribution >= 4 is 0 Å². The predicted octanol–water partition coefficient (Wildman–Crippen LogP) is 1.46. The average Bonchev–Trinajstić information content (AvgIpc) is 2.46. The van der Waals surface area contributed by atoms with E-state index < -0.39 is 5.60 Å². The summed E-state index contributed by atoms with van der Waals surface area (Å²) in [6.45, 7) is 6.73. The maximum Gasteiger partial charge on any atom is 0.137 e. The highest BCUT2D eigenvalue weighted by Crippen LogP contribution is 2.28. The minimum absolute atomic E-state index is 0.166. The molecule has 0 radical (unpaired) electrons. The summed E-state index contributed by atoms with van der Waals surface area (Å²) in [6.07, 6.45) is 4.91. The van der Waals surface area contributed by atoms with E-state index in [1.54, 1.807) is 12.4 Å².